The van der Waals surface area contributed by atoms with Crippen LogP contribution in [0.25, 0.3) is 0 Å². The number of hydrogen-bond donors (Lipinski definition) is 0. The third kappa shape index (κ3) is 5.59. The van der Waals surface area contributed by atoms with Crippen LogP contribution in [0.1, 0.15) is 46.5 Å². The lowest BCUT2D eigenvalue weighted by molar-refractivity contribution is -0.147. The minimum Gasteiger partial charge on any atom is -0.469 e. The van der Waals surface area contributed by atoms with E-state index >= 15 is 0 Å². The topological polar surface area (TPSA) is 49.9 Å². The molecule has 22 heavy (non-hydrogen) atoms. The van der Waals surface area contributed by atoms with Crippen LogP contribution in [-0.4, -0.2) is 61.5 Å². The van der Waals surface area contributed by atoms with Crippen LogP contribution in [0.5, 0.6) is 0 Å². The molecule has 0 spiro atoms. The van der Waals surface area contributed by atoms with Crippen LogP contribution in [0.3, 0.4) is 0 Å². The number of rotatable bonds is 10. The van der Waals surface area contributed by atoms with Gasteiger partial charge in [-0.3, -0.25) is 9.59 Å². The van der Waals surface area contributed by atoms with Gasteiger partial charge in [-0.25, -0.2) is 0 Å². The summed E-state index contributed by atoms with van der Waals surface area (Å²) in [6.07, 6.45) is 4.10. The molecule has 0 aliphatic heterocycles. The monoisotopic (exact) mass is 312 g/mol. The van der Waals surface area contributed by atoms with E-state index in [4.69, 9.17) is 4.74 Å². The molecule has 1 amide bonds. The second kappa shape index (κ2) is 9.82. The fourth-order valence-corrected chi connectivity index (χ4v) is 2.84. The average molecular weight is 312 g/mol. The molecule has 128 valence electrons. The van der Waals surface area contributed by atoms with Crippen LogP contribution in [-0.2, 0) is 14.3 Å². The SMILES string of the molecule is CCN(CC)CCCN(CC(C)C(=O)OC)C(=O)C1CCC1. The molecule has 1 unspecified atom stereocenters. The number of hydrogen-bond acceptors (Lipinski definition) is 4. The summed E-state index contributed by atoms with van der Waals surface area (Å²) in [5.41, 5.74) is 0. The second-order valence-corrected chi connectivity index (χ2v) is 6.22. The molecule has 0 N–H and O–H groups in total. The Hall–Kier alpha value is -1.10. The molecule has 5 nitrogen and oxygen atoms in total. The first kappa shape index (κ1) is 18.9. The van der Waals surface area contributed by atoms with E-state index in [9.17, 15) is 9.59 Å². The maximum Gasteiger partial charge on any atom is 0.310 e. The highest BCUT2D eigenvalue weighted by Gasteiger charge is 2.31. The van der Waals surface area contributed by atoms with Crippen molar-refractivity contribution in [1.82, 2.24) is 9.80 Å². The van der Waals surface area contributed by atoms with Gasteiger partial charge in [0.15, 0.2) is 0 Å². The van der Waals surface area contributed by atoms with E-state index < -0.39 is 0 Å². The molecule has 5 heteroatoms. The van der Waals surface area contributed by atoms with E-state index in [1.807, 2.05) is 11.8 Å². The van der Waals surface area contributed by atoms with Gasteiger partial charge in [0, 0.05) is 19.0 Å². The van der Waals surface area contributed by atoms with E-state index in [-0.39, 0.29) is 23.7 Å². The van der Waals surface area contributed by atoms with Gasteiger partial charge < -0.3 is 14.5 Å². The van der Waals surface area contributed by atoms with Crippen molar-refractivity contribution in [2.24, 2.45) is 11.8 Å². The van der Waals surface area contributed by atoms with Gasteiger partial charge in [0.25, 0.3) is 0 Å². The van der Waals surface area contributed by atoms with E-state index in [1.165, 1.54) is 7.11 Å². The van der Waals surface area contributed by atoms with Gasteiger partial charge >= 0.3 is 5.97 Å². The van der Waals surface area contributed by atoms with Crippen LogP contribution >= 0.6 is 0 Å². The fourth-order valence-electron chi connectivity index (χ4n) is 2.84. The Labute approximate surface area is 135 Å². The lowest BCUT2D eigenvalue weighted by Gasteiger charge is -2.33. The first-order valence-corrected chi connectivity index (χ1v) is 8.62. The number of amides is 1. The lowest BCUT2D eigenvalue weighted by atomic mass is 9.84. The van der Waals surface area contributed by atoms with Crippen LogP contribution in [0.15, 0.2) is 0 Å². The van der Waals surface area contributed by atoms with Gasteiger partial charge in [0.1, 0.15) is 0 Å². The quantitative estimate of drug-likeness (QED) is 0.580. The van der Waals surface area contributed by atoms with Crippen molar-refractivity contribution >= 4 is 11.9 Å². The van der Waals surface area contributed by atoms with Gasteiger partial charge in [-0.15, -0.1) is 0 Å². The molecule has 0 saturated heterocycles. The Bertz CT molecular complexity index is 352. The summed E-state index contributed by atoms with van der Waals surface area (Å²) in [6, 6.07) is 0. The van der Waals surface area contributed by atoms with Crippen LogP contribution in [0, 0.1) is 11.8 Å². The molecule has 1 aliphatic rings. The number of ether oxygens (including phenoxy) is 1. The molecule has 0 heterocycles. The molecular weight excluding hydrogens is 280 g/mol. The molecule has 0 aromatic carbocycles. The molecule has 1 atom stereocenters. The van der Waals surface area contributed by atoms with Crippen molar-refractivity contribution in [1.29, 1.82) is 0 Å². The first-order valence-electron chi connectivity index (χ1n) is 8.62. The predicted molar refractivity (Wildman–Crippen MR) is 87.5 cm³/mol. The maximum absolute atomic E-state index is 12.5. The van der Waals surface area contributed by atoms with Crippen molar-refractivity contribution in [3.05, 3.63) is 0 Å². The second-order valence-electron chi connectivity index (χ2n) is 6.22. The zero-order valence-corrected chi connectivity index (χ0v) is 14.6. The molecule has 0 radical (unpaired) electrons. The number of carbonyl (C=O) groups is 2. The Kier molecular flexibility index (Phi) is 8.46. The average Bonchev–Trinajstić information content (AvgIpc) is 2.47. The van der Waals surface area contributed by atoms with Gasteiger partial charge in [-0.1, -0.05) is 27.2 Å². The zero-order chi connectivity index (χ0) is 16.5. The third-order valence-electron chi connectivity index (χ3n) is 4.66. The van der Waals surface area contributed by atoms with E-state index in [0.29, 0.717) is 6.54 Å². The summed E-state index contributed by atoms with van der Waals surface area (Å²) in [4.78, 5) is 28.4. The van der Waals surface area contributed by atoms with Crippen molar-refractivity contribution < 1.29 is 14.3 Å². The molecular formula is C17H32N2O3. The summed E-state index contributed by atoms with van der Waals surface area (Å²) < 4.78 is 4.79. The van der Waals surface area contributed by atoms with E-state index in [0.717, 1.165) is 51.9 Å². The lowest BCUT2D eigenvalue weighted by Crippen LogP contribution is -2.43. The third-order valence-corrected chi connectivity index (χ3v) is 4.66. The summed E-state index contributed by atoms with van der Waals surface area (Å²) >= 11 is 0. The molecule has 1 rings (SSSR count). The Balaban J connectivity index is 2.53. The van der Waals surface area contributed by atoms with E-state index in [1.54, 1.807) is 0 Å². The Morgan fingerprint density at radius 3 is 2.27 bits per heavy atom. The minimum absolute atomic E-state index is 0.179. The normalized spacial score (nSPS) is 16.2. The Morgan fingerprint density at radius 2 is 1.82 bits per heavy atom. The van der Waals surface area contributed by atoms with Crippen molar-refractivity contribution in [3.8, 4) is 0 Å². The molecule has 1 fully saturated rings. The van der Waals surface area contributed by atoms with Gasteiger partial charge in [-0.2, -0.15) is 0 Å². The molecule has 1 saturated carbocycles. The predicted octanol–water partition coefficient (Wildman–Crippen LogP) is 2.16. The summed E-state index contributed by atoms with van der Waals surface area (Å²) in [7, 11) is 1.40. The summed E-state index contributed by atoms with van der Waals surface area (Å²) in [5, 5.41) is 0. The number of methoxy groups -OCH3 is 1. The highest BCUT2D eigenvalue weighted by Crippen LogP contribution is 2.28. The first-order chi connectivity index (χ1) is 10.5. The fraction of sp³-hybridized carbons (Fsp3) is 0.882. The molecule has 0 aromatic rings. The van der Waals surface area contributed by atoms with Crippen molar-refractivity contribution in [3.63, 3.8) is 0 Å². The maximum atomic E-state index is 12.5. The molecule has 0 bridgehead atoms. The molecule has 0 aromatic heterocycles. The number of nitrogens with zero attached hydrogens (tertiary/aromatic N) is 2. The van der Waals surface area contributed by atoms with Crippen LogP contribution in [0.4, 0.5) is 0 Å². The smallest absolute Gasteiger partial charge is 0.310 e. The van der Waals surface area contributed by atoms with E-state index in [2.05, 4.69) is 18.7 Å². The molecule has 1 aliphatic carbocycles. The van der Waals surface area contributed by atoms with Crippen LogP contribution < -0.4 is 0 Å². The Morgan fingerprint density at radius 1 is 1.18 bits per heavy atom. The standard InChI is InChI=1S/C17H32N2O3/c1-5-18(6-2)11-8-12-19(13-14(3)17(21)22-4)16(20)15-9-7-10-15/h14-15H,5-13H2,1-4H3. The summed E-state index contributed by atoms with van der Waals surface area (Å²) in [6.45, 7) is 10.4. The van der Waals surface area contributed by atoms with Gasteiger partial charge in [0.05, 0.1) is 13.0 Å². The van der Waals surface area contributed by atoms with Crippen molar-refractivity contribution in [2.45, 2.75) is 46.5 Å². The number of carbonyl (C=O) groups excluding carboxylic acids is 2. The minimum atomic E-state index is -0.262. The van der Waals surface area contributed by atoms with Gasteiger partial charge in [-0.05, 0) is 38.9 Å². The van der Waals surface area contributed by atoms with Crippen LogP contribution in [0.2, 0.25) is 0 Å². The number of esters is 1. The van der Waals surface area contributed by atoms with Gasteiger partial charge in [0.2, 0.25) is 5.91 Å². The highest BCUT2D eigenvalue weighted by molar-refractivity contribution is 5.80. The zero-order valence-electron chi connectivity index (χ0n) is 14.6. The largest absolute Gasteiger partial charge is 0.469 e. The summed E-state index contributed by atoms with van der Waals surface area (Å²) in [5.74, 6) is -0.0996. The highest BCUT2D eigenvalue weighted by atomic mass is 16.5. The van der Waals surface area contributed by atoms with Crippen molar-refractivity contribution in [2.75, 3.05) is 39.8 Å².